The second-order valence-corrected chi connectivity index (χ2v) is 32.7. The van der Waals surface area contributed by atoms with Crippen LogP contribution in [0.5, 0.6) is 0 Å². The van der Waals surface area contributed by atoms with Gasteiger partial charge in [0, 0.05) is 59.4 Å². The first-order chi connectivity index (χ1) is 42.1. The zero-order chi connectivity index (χ0) is 68.0. The molecule has 4 aliphatic heterocycles. The van der Waals surface area contributed by atoms with Gasteiger partial charge in [-0.15, -0.1) is 0 Å². The number of ether oxygens (including phenoxy) is 3. The summed E-state index contributed by atoms with van der Waals surface area (Å²) in [6.45, 7) is 13.2. The highest BCUT2D eigenvalue weighted by atomic mass is 35.5. The summed E-state index contributed by atoms with van der Waals surface area (Å²) in [4.78, 5) is 135. The van der Waals surface area contributed by atoms with E-state index < -0.39 is 159 Å². The molecule has 0 aromatic rings. The van der Waals surface area contributed by atoms with Crippen LogP contribution in [-0.4, -0.2) is 210 Å². The fourth-order valence-electron chi connectivity index (χ4n) is 11.0. The van der Waals surface area contributed by atoms with Crippen molar-refractivity contribution in [1.82, 2.24) is 50.3 Å². The molecule has 31 heteroatoms. The second-order valence-electron chi connectivity index (χ2n) is 28.0. The number of hydrogen-bond donors (Lipinski definition) is 7. The molecule has 2 saturated heterocycles. The van der Waals surface area contributed by atoms with Crippen molar-refractivity contribution in [3.8, 4) is 0 Å². The molecule has 4 aliphatic carbocycles. The maximum absolute atomic E-state index is 14.0. The van der Waals surface area contributed by atoms with Crippen LogP contribution < -0.4 is 30.7 Å². The molecule has 0 unspecified atom stereocenters. The van der Waals surface area contributed by atoms with Crippen LogP contribution in [0.4, 0.5) is 19.2 Å². The van der Waals surface area contributed by atoms with Crippen LogP contribution in [0.2, 0.25) is 0 Å². The second kappa shape index (κ2) is 28.9. The Morgan fingerprint density at radius 1 is 0.615 bits per heavy atom. The van der Waals surface area contributed by atoms with Crippen LogP contribution in [0, 0.1) is 11.8 Å². The number of alkyl carbamates (subject to hydrolysis) is 2. The Bertz CT molecular complexity index is 3070. The highest BCUT2D eigenvalue weighted by Crippen LogP contribution is 2.49. The molecule has 28 nitrogen and oxygen atoms in total. The van der Waals surface area contributed by atoms with E-state index in [4.69, 9.17) is 25.8 Å². The smallest absolute Gasteiger partial charge is 0.409 e. The van der Waals surface area contributed by atoms with Gasteiger partial charge >= 0.3 is 23.6 Å². The predicted octanol–water partition coefficient (Wildman–Crippen LogP) is 4.08. The first-order valence-corrected chi connectivity index (χ1v) is 34.6. The van der Waals surface area contributed by atoms with Gasteiger partial charge < -0.3 is 60.2 Å². The summed E-state index contributed by atoms with van der Waals surface area (Å²) in [5.74, 6) is -4.87. The molecule has 4 saturated carbocycles. The summed E-state index contributed by atoms with van der Waals surface area (Å²) in [5.41, 5.74) is -4.57. The molecule has 0 aromatic carbocycles. The molecule has 0 bridgehead atoms. The molecule has 0 aromatic heterocycles. The minimum Gasteiger partial charge on any atom is -0.444 e. The first kappa shape index (κ1) is 73.8. The molecule has 6 fully saturated rings. The molecular formula is C60H95ClN10O18S2. The van der Waals surface area contributed by atoms with Crippen molar-refractivity contribution in [2.45, 2.75) is 239 Å². The Morgan fingerprint density at radius 3 is 1.36 bits per heavy atom. The Balaban J connectivity index is 0.000000267. The highest BCUT2D eigenvalue weighted by Gasteiger charge is 2.65. The summed E-state index contributed by atoms with van der Waals surface area (Å²) in [6, 6.07) is -4.23. The number of aliphatic hydroxyl groups excluding tert-OH is 1. The van der Waals surface area contributed by atoms with Crippen molar-refractivity contribution in [3.63, 3.8) is 0 Å². The van der Waals surface area contributed by atoms with Gasteiger partial charge in [0.2, 0.25) is 43.7 Å². The highest BCUT2D eigenvalue weighted by molar-refractivity contribution is 7.92. The number of carbonyl (C=O) groups is 10. The van der Waals surface area contributed by atoms with Crippen molar-refractivity contribution in [2.24, 2.45) is 11.8 Å². The maximum Gasteiger partial charge on any atom is 0.409 e. The third-order valence-corrected chi connectivity index (χ3v) is 22.0. The normalized spacial score (nSPS) is 30.3. The van der Waals surface area contributed by atoms with Gasteiger partial charge in [-0.2, -0.15) is 0 Å². The van der Waals surface area contributed by atoms with Gasteiger partial charge in [0.1, 0.15) is 52.6 Å². The number of nitrogens with one attached hydrogen (secondary N) is 6. The lowest BCUT2D eigenvalue weighted by Crippen LogP contribution is -2.58. The fraction of sp³-hybridized carbons (Fsp3) is 0.767. The summed E-state index contributed by atoms with van der Waals surface area (Å²) in [6.07, 6.45) is 12.0. The van der Waals surface area contributed by atoms with Crippen molar-refractivity contribution in [1.29, 1.82) is 0 Å². The maximum atomic E-state index is 14.0. The van der Waals surface area contributed by atoms with Gasteiger partial charge in [-0.3, -0.25) is 43.0 Å². The largest absolute Gasteiger partial charge is 0.444 e. The molecule has 10 amide bonds. The number of amides is 10. The summed E-state index contributed by atoms with van der Waals surface area (Å²) < 4.78 is 70.1. The van der Waals surface area contributed by atoms with Crippen molar-refractivity contribution in [2.75, 3.05) is 41.3 Å². The third-order valence-electron chi connectivity index (χ3n) is 17.3. The van der Waals surface area contributed by atoms with E-state index in [1.54, 1.807) is 69.5 Å². The van der Waals surface area contributed by atoms with Gasteiger partial charge in [0.15, 0.2) is 0 Å². The number of nitrogens with zero attached hydrogens (tertiary/aromatic N) is 4. The number of allylic oxidation sites excluding steroid dienone is 2. The van der Waals surface area contributed by atoms with E-state index >= 15 is 0 Å². The number of sulfonamides is 2. The van der Waals surface area contributed by atoms with Crippen molar-refractivity contribution < 1.29 is 84.1 Å². The topological polar surface area (TPSA) is 372 Å². The predicted molar refractivity (Wildman–Crippen MR) is 333 cm³/mol. The number of hydrogen-bond acceptors (Lipinski definition) is 18. The SMILES string of the molecule is CC(C)(C)OC(=O)N[C@H]1CCCCC/C=C\[C@@H]2C[C@@]2(C(=O)NS(=O)(=O)C2(C)CC2)NC(=O)[C@@H]2C[C@@H](O)CN2C1=O.CN(C)C(=O)Cl.CN(C)C(=O)O[C@@H]1C[C@H]2C(=O)N[C@]3(C(=O)NS(=O)(=O)C4(C)CC4)C[C@H]3/C=C\CCCCC[C@H](NC(=O)OC(C)(C)C)C(=O)N2C1. The van der Waals surface area contributed by atoms with E-state index in [1.807, 2.05) is 24.3 Å². The molecule has 8 aliphatic rings. The van der Waals surface area contributed by atoms with Gasteiger partial charge in [0.05, 0.1) is 22.1 Å². The Kier molecular flexibility index (Phi) is 23.5. The summed E-state index contributed by atoms with van der Waals surface area (Å²) >= 11 is 4.90. The summed E-state index contributed by atoms with van der Waals surface area (Å²) in [5, 5.41) is 20.8. The van der Waals surface area contributed by atoms with Crippen molar-refractivity contribution >= 4 is 90.7 Å². The van der Waals surface area contributed by atoms with E-state index in [0.29, 0.717) is 64.2 Å². The quantitative estimate of drug-likeness (QED) is 0.0740. The first-order valence-electron chi connectivity index (χ1n) is 31.2. The summed E-state index contributed by atoms with van der Waals surface area (Å²) in [7, 11) is -1.70. The van der Waals surface area contributed by atoms with Crippen LogP contribution in [0.1, 0.15) is 171 Å². The Morgan fingerprint density at radius 2 is 1.00 bits per heavy atom. The molecule has 7 N–H and O–H groups in total. The van der Waals surface area contributed by atoms with E-state index in [1.165, 1.54) is 33.7 Å². The number of aliphatic hydroxyl groups is 1. The Labute approximate surface area is 539 Å². The lowest BCUT2D eigenvalue weighted by atomic mass is 10.0. The average molecular weight is 1340 g/mol. The van der Waals surface area contributed by atoms with Crippen LogP contribution in [0.25, 0.3) is 0 Å². The van der Waals surface area contributed by atoms with Crippen molar-refractivity contribution in [3.05, 3.63) is 24.3 Å². The number of fused-ring (bicyclic) bond motifs is 4. The minimum absolute atomic E-state index is 0.0503. The molecule has 0 radical (unpaired) electrons. The van der Waals surface area contributed by atoms with Gasteiger partial charge in [0.25, 0.3) is 11.8 Å². The van der Waals surface area contributed by atoms with E-state index in [9.17, 15) is 69.9 Å². The molecule has 91 heavy (non-hydrogen) atoms. The van der Waals surface area contributed by atoms with Crippen LogP contribution in [0.3, 0.4) is 0 Å². The molecule has 4 heterocycles. The number of carbonyl (C=O) groups excluding carboxylic acids is 10. The van der Waals surface area contributed by atoms with Crippen LogP contribution in [-0.2, 0) is 63.0 Å². The zero-order valence-corrected chi connectivity index (χ0v) is 56.8. The van der Waals surface area contributed by atoms with Gasteiger partial charge in [-0.05, 0) is 144 Å². The molecular weight excluding hydrogens is 1250 g/mol. The van der Waals surface area contributed by atoms with Gasteiger partial charge in [-0.25, -0.2) is 31.2 Å². The molecule has 512 valence electrons. The molecule has 10 atom stereocenters. The molecule has 0 spiro atoms. The fourth-order valence-corrected chi connectivity index (χ4v) is 13.6. The molecule has 8 rings (SSSR count). The van der Waals surface area contributed by atoms with E-state index in [-0.39, 0.29) is 38.8 Å². The lowest BCUT2D eigenvalue weighted by molar-refractivity contribution is -0.141. The minimum atomic E-state index is -3.97. The van der Waals surface area contributed by atoms with Crippen LogP contribution >= 0.6 is 11.6 Å². The van der Waals surface area contributed by atoms with Gasteiger partial charge in [-0.1, -0.05) is 50.0 Å². The lowest BCUT2D eigenvalue weighted by Gasteiger charge is -2.30. The average Bonchev–Trinajstić information content (AvgIpc) is 1.58. The third kappa shape index (κ3) is 19.4. The van der Waals surface area contributed by atoms with Crippen LogP contribution in [0.15, 0.2) is 24.3 Å². The van der Waals surface area contributed by atoms with E-state index in [2.05, 4.69) is 30.7 Å². The Hall–Kier alpha value is -6.27. The number of rotatable bonds is 9. The zero-order valence-electron chi connectivity index (χ0n) is 54.4. The number of halogens is 1. The standard InChI is InChI=1S/C30H47N5O9S.C27H42N4O8S.C3H6ClNO/c1-28(2,3)44-26(39)31-21-13-11-9-7-8-10-12-19-17-30(19,25(38)33-45(41,42)29(4)14-15-29)32-23(36)22-16-20(18-35(22)24(21)37)43-27(40)34(5)6;1-25(2,3)39-24(36)28-19-11-9-7-5-6-8-10-17-15-27(17,23(35)30-40(37,38)26(4)12-13-26)29-21(33)20-14-18(32)16-31(20)22(19)34;1-5(2)3(4)6/h10,12,19-22H,7-9,11,13-18H2,1-6H3,(H,31,39)(H,32,36)(H,33,38);8,10,17-20,32H,5-7,9,11-16H2,1-4H3,(H,28,36)(H,29,33)(H,30,35);1-2H3/b12-10-;10-8-;/t19-,20-,21+,22+,30-;17-,18-,19+,20+,27-;/m11./s1. The van der Waals surface area contributed by atoms with E-state index in [0.717, 1.165) is 25.7 Å². The monoisotopic (exact) mass is 1340 g/mol.